The molecule has 2 aromatic rings. The average Bonchev–Trinajstić information content (AvgIpc) is 2.30. The summed E-state index contributed by atoms with van der Waals surface area (Å²) in [5.41, 5.74) is 1.33. The third-order valence-electron chi connectivity index (χ3n) is 2.52. The third-order valence-corrected chi connectivity index (χ3v) is 2.52. The van der Waals surface area contributed by atoms with Gasteiger partial charge in [-0.05, 0) is 42.2 Å². The first-order chi connectivity index (χ1) is 8.24. The van der Waals surface area contributed by atoms with Gasteiger partial charge >= 0.3 is 0 Å². The Kier molecular flexibility index (Phi) is 3.81. The van der Waals surface area contributed by atoms with Crippen molar-refractivity contribution in [1.29, 1.82) is 0 Å². The lowest BCUT2D eigenvalue weighted by Crippen LogP contribution is -1.94. The van der Waals surface area contributed by atoms with Gasteiger partial charge in [-0.1, -0.05) is 44.2 Å². The summed E-state index contributed by atoms with van der Waals surface area (Å²) in [5, 5.41) is 0. The molecule has 0 atom stereocenters. The van der Waals surface area contributed by atoms with Gasteiger partial charge in [0.05, 0.1) is 0 Å². The van der Waals surface area contributed by atoms with Crippen molar-refractivity contribution in [2.24, 2.45) is 5.92 Å². The second-order valence-corrected chi connectivity index (χ2v) is 4.66. The van der Waals surface area contributed by atoms with E-state index >= 15 is 0 Å². The molecule has 1 nitrogen and oxygen atoms in total. The standard InChI is InChI=1S/C16H18O/c1-13(2)11-14-7-6-10-16(12-14)17-15-8-4-3-5-9-15/h3-10,12-13H,11H2,1-2H3. The number of hydrogen-bond donors (Lipinski definition) is 0. The molecule has 0 radical (unpaired) electrons. The monoisotopic (exact) mass is 226 g/mol. The molecule has 0 amide bonds. The summed E-state index contributed by atoms with van der Waals surface area (Å²) in [5.74, 6) is 2.46. The summed E-state index contributed by atoms with van der Waals surface area (Å²) in [6.45, 7) is 4.45. The number of hydrogen-bond acceptors (Lipinski definition) is 1. The minimum absolute atomic E-state index is 0.668. The van der Waals surface area contributed by atoms with E-state index in [1.807, 2.05) is 36.4 Å². The second-order valence-electron chi connectivity index (χ2n) is 4.66. The quantitative estimate of drug-likeness (QED) is 0.735. The Morgan fingerprint density at radius 1 is 0.882 bits per heavy atom. The van der Waals surface area contributed by atoms with Crippen LogP contribution in [-0.4, -0.2) is 0 Å². The molecule has 0 aliphatic carbocycles. The summed E-state index contributed by atoms with van der Waals surface area (Å²) in [6, 6.07) is 18.2. The number of benzene rings is 2. The molecular weight excluding hydrogens is 208 g/mol. The van der Waals surface area contributed by atoms with Crippen LogP contribution in [0.5, 0.6) is 11.5 Å². The fourth-order valence-electron chi connectivity index (χ4n) is 1.83. The Bertz CT molecular complexity index is 460. The highest BCUT2D eigenvalue weighted by molar-refractivity contribution is 5.33. The molecule has 0 saturated heterocycles. The molecular formula is C16H18O. The minimum atomic E-state index is 0.668. The van der Waals surface area contributed by atoms with Gasteiger partial charge in [-0.25, -0.2) is 0 Å². The van der Waals surface area contributed by atoms with E-state index in [-0.39, 0.29) is 0 Å². The van der Waals surface area contributed by atoms with Gasteiger partial charge in [0.1, 0.15) is 11.5 Å². The highest BCUT2D eigenvalue weighted by Gasteiger charge is 2.01. The molecule has 0 aromatic heterocycles. The first kappa shape index (κ1) is 11.7. The van der Waals surface area contributed by atoms with E-state index in [4.69, 9.17) is 4.74 Å². The highest BCUT2D eigenvalue weighted by atomic mass is 16.5. The largest absolute Gasteiger partial charge is 0.457 e. The fraction of sp³-hybridized carbons (Fsp3) is 0.250. The van der Waals surface area contributed by atoms with E-state index in [0.717, 1.165) is 17.9 Å². The molecule has 0 spiro atoms. The summed E-state index contributed by atoms with van der Waals surface area (Å²) in [6.07, 6.45) is 1.09. The summed E-state index contributed by atoms with van der Waals surface area (Å²) < 4.78 is 5.80. The lowest BCUT2D eigenvalue weighted by molar-refractivity contribution is 0.481. The SMILES string of the molecule is CC(C)Cc1cccc(Oc2ccccc2)c1. The van der Waals surface area contributed by atoms with E-state index in [1.54, 1.807) is 0 Å². The maximum absolute atomic E-state index is 5.80. The summed E-state index contributed by atoms with van der Waals surface area (Å²) in [4.78, 5) is 0. The zero-order valence-electron chi connectivity index (χ0n) is 10.4. The van der Waals surface area contributed by atoms with Crippen molar-refractivity contribution in [3.05, 3.63) is 60.2 Å². The molecule has 0 N–H and O–H groups in total. The number of rotatable bonds is 4. The predicted molar refractivity (Wildman–Crippen MR) is 71.5 cm³/mol. The first-order valence-corrected chi connectivity index (χ1v) is 6.06. The Morgan fingerprint density at radius 2 is 1.59 bits per heavy atom. The van der Waals surface area contributed by atoms with Crippen LogP contribution >= 0.6 is 0 Å². The summed E-state index contributed by atoms with van der Waals surface area (Å²) >= 11 is 0. The van der Waals surface area contributed by atoms with Crippen LogP contribution in [0.4, 0.5) is 0 Å². The smallest absolute Gasteiger partial charge is 0.127 e. The molecule has 1 heteroatoms. The average molecular weight is 226 g/mol. The minimum Gasteiger partial charge on any atom is -0.457 e. The van der Waals surface area contributed by atoms with E-state index < -0.39 is 0 Å². The molecule has 2 rings (SSSR count). The van der Waals surface area contributed by atoms with Crippen LogP contribution in [0.15, 0.2) is 54.6 Å². The Balaban J connectivity index is 2.11. The van der Waals surface area contributed by atoms with Crippen molar-refractivity contribution in [2.75, 3.05) is 0 Å². The van der Waals surface area contributed by atoms with Gasteiger partial charge in [-0.2, -0.15) is 0 Å². The van der Waals surface area contributed by atoms with Crippen LogP contribution in [-0.2, 0) is 6.42 Å². The molecule has 88 valence electrons. The van der Waals surface area contributed by atoms with E-state index in [2.05, 4.69) is 32.0 Å². The van der Waals surface area contributed by atoms with Gasteiger partial charge in [-0.15, -0.1) is 0 Å². The Labute approximate surface area is 103 Å². The van der Waals surface area contributed by atoms with Gasteiger partial charge in [0.15, 0.2) is 0 Å². The predicted octanol–water partition coefficient (Wildman–Crippen LogP) is 4.68. The lowest BCUT2D eigenvalue weighted by atomic mass is 10.0. The van der Waals surface area contributed by atoms with E-state index in [0.29, 0.717) is 5.92 Å². The number of ether oxygens (including phenoxy) is 1. The lowest BCUT2D eigenvalue weighted by Gasteiger charge is -2.09. The second kappa shape index (κ2) is 5.53. The van der Waals surface area contributed by atoms with Crippen LogP contribution in [0.3, 0.4) is 0 Å². The van der Waals surface area contributed by atoms with Crippen molar-refractivity contribution < 1.29 is 4.74 Å². The van der Waals surface area contributed by atoms with Crippen molar-refractivity contribution in [3.63, 3.8) is 0 Å². The van der Waals surface area contributed by atoms with Gasteiger partial charge in [-0.3, -0.25) is 0 Å². The molecule has 0 unspecified atom stereocenters. The van der Waals surface area contributed by atoms with Crippen LogP contribution in [0, 0.1) is 5.92 Å². The van der Waals surface area contributed by atoms with Gasteiger partial charge in [0.25, 0.3) is 0 Å². The molecule has 0 saturated carbocycles. The van der Waals surface area contributed by atoms with E-state index in [9.17, 15) is 0 Å². The molecule has 0 bridgehead atoms. The topological polar surface area (TPSA) is 9.23 Å². The fourth-order valence-corrected chi connectivity index (χ4v) is 1.83. The molecule has 0 aliphatic heterocycles. The van der Waals surface area contributed by atoms with Crippen molar-refractivity contribution in [3.8, 4) is 11.5 Å². The van der Waals surface area contributed by atoms with Crippen LogP contribution in [0.1, 0.15) is 19.4 Å². The van der Waals surface area contributed by atoms with Gasteiger partial charge in [0.2, 0.25) is 0 Å². The zero-order valence-corrected chi connectivity index (χ0v) is 10.4. The third kappa shape index (κ3) is 3.63. The van der Waals surface area contributed by atoms with Crippen molar-refractivity contribution >= 4 is 0 Å². The van der Waals surface area contributed by atoms with E-state index in [1.165, 1.54) is 5.56 Å². The number of para-hydroxylation sites is 1. The molecule has 17 heavy (non-hydrogen) atoms. The zero-order chi connectivity index (χ0) is 12.1. The van der Waals surface area contributed by atoms with Crippen LogP contribution in [0.25, 0.3) is 0 Å². The normalized spacial score (nSPS) is 10.5. The van der Waals surface area contributed by atoms with Gasteiger partial charge in [0, 0.05) is 0 Å². The molecule has 0 heterocycles. The van der Waals surface area contributed by atoms with Crippen LogP contribution in [0.2, 0.25) is 0 Å². The molecule has 2 aromatic carbocycles. The van der Waals surface area contributed by atoms with Gasteiger partial charge < -0.3 is 4.74 Å². The van der Waals surface area contributed by atoms with Crippen LogP contribution < -0.4 is 4.74 Å². The maximum atomic E-state index is 5.80. The van der Waals surface area contributed by atoms with Crippen molar-refractivity contribution in [1.82, 2.24) is 0 Å². The molecule has 0 aliphatic rings. The Hall–Kier alpha value is -1.76. The summed E-state index contributed by atoms with van der Waals surface area (Å²) in [7, 11) is 0. The maximum Gasteiger partial charge on any atom is 0.127 e. The molecule has 0 fully saturated rings. The van der Waals surface area contributed by atoms with Crippen molar-refractivity contribution in [2.45, 2.75) is 20.3 Å². The Morgan fingerprint density at radius 3 is 2.29 bits per heavy atom. The first-order valence-electron chi connectivity index (χ1n) is 6.06. The highest BCUT2D eigenvalue weighted by Crippen LogP contribution is 2.22.